The Kier molecular flexibility index (Phi) is 5.47. The predicted molar refractivity (Wildman–Crippen MR) is 107 cm³/mol. The van der Waals surface area contributed by atoms with Crippen LogP contribution in [0.5, 0.6) is 0 Å². The molecule has 5 nitrogen and oxygen atoms in total. The average molecular weight is 362 g/mol. The van der Waals surface area contributed by atoms with Crippen LogP contribution < -0.4 is 5.32 Å². The van der Waals surface area contributed by atoms with Crippen LogP contribution in [0, 0.1) is 5.92 Å². The smallest absolute Gasteiger partial charge is 0.223 e. The third-order valence-electron chi connectivity index (χ3n) is 5.51. The second-order valence-corrected chi connectivity index (χ2v) is 7.41. The van der Waals surface area contributed by atoms with E-state index in [-0.39, 0.29) is 0 Å². The Balaban J connectivity index is 1.33. The molecule has 0 radical (unpaired) electrons. The van der Waals surface area contributed by atoms with Crippen molar-refractivity contribution < 1.29 is 4.79 Å². The molecule has 4 rings (SSSR count). The van der Waals surface area contributed by atoms with Crippen molar-refractivity contribution in [1.29, 1.82) is 0 Å². The fraction of sp³-hybridized carbons (Fsp3) is 0.409. The molecule has 5 heteroatoms. The van der Waals surface area contributed by atoms with Crippen molar-refractivity contribution in [3.05, 3.63) is 60.4 Å². The molecule has 1 atom stereocenters. The van der Waals surface area contributed by atoms with Crippen LogP contribution in [0.2, 0.25) is 0 Å². The highest BCUT2D eigenvalue weighted by Gasteiger charge is 2.26. The molecule has 0 unspecified atom stereocenters. The van der Waals surface area contributed by atoms with E-state index in [9.17, 15) is 4.79 Å². The van der Waals surface area contributed by atoms with Gasteiger partial charge in [-0.15, -0.1) is 0 Å². The van der Waals surface area contributed by atoms with E-state index in [1.54, 1.807) is 6.20 Å². The molecule has 1 fully saturated rings. The number of pyridine rings is 2. The monoisotopic (exact) mass is 362 g/mol. The number of amides is 1. The summed E-state index contributed by atoms with van der Waals surface area (Å²) in [6.45, 7) is 1.67. The zero-order chi connectivity index (χ0) is 18.5. The number of hydrogen-bond acceptors (Lipinski definition) is 4. The Labute approximate surface area is 160 Å². The van der Waals surface area contributed by atoms with Gasteiger partial charge in [-0.1, -0.05) is 24.3 Å². The van der Waals surface area contributed by atoms with Gasteiger partial charge < -0.3 is 10.2 Å². The van der Waals surface area contributed by atoms with Crippen LogP contribution in [0.4, 0.5) is 11.6 Å². The van der Waals surface area contributed by atoms with Gasteiger partial charge in [0.1, 0.15) is 11.6 Å². The number of rotatable bonds is 5. The van der Waals surface area contributed by atoms with Gasteiger partial charge in [0.2, 0.25) is 5.91 Å². The topological polar surface area (TPSA) is 58.1 Å². The van der Waals surface area contributed by atoms with Gasteiger partial charge in [-0.05, 0) is 55.9 Å². The van der Waals surface area contributed by atoms with Crippen molar-refractivity contribution in [1.82, 2.24) is 14.9 Å². The Morgan fingerprint density at radius 1 is 1.07 bits per heavy atom. The van der Waals surface area contributed by atoms with Crippen molar-refractivity contribution >= 4 is 17.5 Å². The van der Waals surface area contributed by atoms with E-state index in [1.807, 2.05) is 35.2 Å². The van der Waals surface area contributed by atoms with Crippen LogP contribution in [0.25, 0.3) is 0 Å². The third-order valence-corrected chi connectivity index (χ3v) is 5.51. The molecular weight excluding hydrogens is 336 g/mol. The van der Waals surface area contributed by atoms with E-state index < -0.39 is 0 Å². The van der Waals surface area contributed by atoms with E-state index in [2.05, 4.69) is 28.5 Å². The molecule has 1 saturated heterocycles. The number of nitrogens with one attached hydrogen (secondary N) is 1. The minimum atomic E-state index is 0.309. The SMILES string of the molecule is O=C(C[C@@H]1C=CCC1)N1CCC(c2cccc(Nc3ccccn3)n2)CC1. The van der Waals surface area contributed by atoms with Crippen molar-refractivity contribution in [2.24, 2.45) is 5.92 Å². The first-order valence-corrected chi connectivity index (χ1v) is 9.87. The molecule has 2 aliphatic rings. The van der Waals surface area contributed by atoms with Gasteiger partial charge in [-0.2, -0.15) is 0 Å². The normalized spacial score (nSPS) is 20.0. The summed E-state index contributed by atoms with van der Waals surface area (Å²) >= 11 is 0. The first kappa shape index (κ1) is 17.7. The summed E-state index contributed by atoms with van der Waals surface area (Å²) in [5.41, 5.74) is 1.10. The summed E-state index contributed by atoms with van der Waals surface area (Å²) in [5.74, 6) is 2.78. The van der Waals surface area contributed by atoms with E-state index in [0.717, 1.165) is 56.1 Å². The fourth-order valence-corrected chi connectivity index (χ4v) is 3.96. The second-order valence-electron chi connectivity index (χ2n) is 7.41. The quantitative estimate of drug-likeness (QED) is 0.807. The Morgan fingerprint density at radius 2 is 1.93 bits per heavy atom. The molecule has 0 aromatic carbocycles. The summed E-state index contributed by atoms with van der Waals surface area (Å²) in [4.78, 5) is 23.6. The van der Waals surface area contributed by atoms with Crippen molar-refractivity contribution in [2.75, 3.05) is 18.4 Å². The van der Waals surface area contributed by atoms with E-state index in [1.165, 1.54) is 0 Å². The highest BCUT2D eigenvalue weighted by atomic mass is 16.2. The predicted octanol–water partition coefficient (Wildman–Crippen LogP) is 4.28. The lowest BCUT2D eigenvalue weighted by Gasteiger charge is -2.32. The maximum atomic E-state index is 12.5. The standard InChI is InChI=1S/C22H26N4O/c27-22(16-17-6-1-2-7-17)26-14-11-18(12-15-26)19-8-5-10-21(24-19)25-20-9-3-4-13-23-20/h1,3-6,8-10,13,17-18H,2,7,11-12,14-16H2,(H,23,24,25)/t17-/m1/s1. The third kappa shape index (κ3) is 4.54. The summed E-state index contributed by atoms with van der Waals surface area (Å²) < 4.78 is 0. The zero-order valence-corrected chi connectivity index (χ0v) is 15.6. The van der Waals surface area contributed by atoms with Gasteiger partial charge >= 0.3 is 0 Å². The maximum Gasteiger partial charge on any atom is 0.223 e. The molecule has 27 heavy (non-hydrogen) atoms. The number of anilines is 2. The molecule has 0 bridgehead atoms. The lowest BCUT2D eigenvalue weighted by molar-refractivity contribution is -0.132. The van der Waals surface area contributed by atoms with Crippen LogP contribution in [-0.2, 0) is 4.79 Å². The van der Waals surface area contributed by atoms with Crippen molar-refractivity contribution in [3.8, 4) is 0 Å². The van der Waals surface area contributed by atoms with Gasteiger partial charge in [0, 0.05) is 37.3 Å². The molecule has 1 aliphatic heterocycles. The van der Waals surface area contributed by atoms with Crippen LogP contribution in [0.15, 0.2) is 54.7 Å². The van der Waals surface area contributed by atoms with Crippen LogP contribution in [-0.4, -0.2) is 33.9 Å². The highest BCUT2D eigenvalue weighted by molar-refractivity contribution is 5.76. The number of aromatic nitrogens is 2. The van der Waals surface area contributed by atoms with Gasteiger partial charge in [-0.25, -0.2) is 9.97 Å². The number of nitrogens with zero attached hydrogens (tertiary/aromatic N) is 3. The van der Waals surface area contributed by atoms with E-state index in [0.29, 0.717) is 24.2 Å². The van der Waals surface area contributed by atoms with Crippen LogP contribution in [0.3, 0.4) is 0 Å². The van der Waals surface area contributed by atoms with Crippen LogP contribution in [0.1, 0.15) is 43.7 Å². The second kappa shape index (κ2) is 8.33. The molecule has 0 saturated carbocycles. The molecule has 1 N–H and O–H groups in total. The minimum Gasteiger partial charge on any atom is -0.343 e. The largest absolute Gasteiger partial charge is 0.343 e. The molecular formula is C22H26N4O. The zero-order valence-electron chi connectivity index (χ0n) is 15.6. The highest BCUT2D eigenvalue weighted by Crippen LogP contribution is 2.29. The minimum absolute atomic E-state index is 0.309. The Hall–Kier alpha value is -2.69. The molecule has 2 aromatic heterocycles. The number of carbonyl (C=O) groups is 1. The molecule has 0 spiro atoms. The lowest BCUT2D eigenvalue weighted by Crippen LogP contribution is -2.38. The molecule has 3 heterocycles. The van der Waals surface area contributed by atoms with Crippen LogP contribution >= 0.6 is 0 Å². The number of hydrogen-bond donors (Lipinski definition) is 1. The number of likely N-dealkylation sites (tertiary alicyclic amines) is 1. The van der Waals surface area contributed by atoms with Gasteiger partial charge in [0.15, 0.2) is 0 Å². The van der Waals surface area contributed by atoms with Crippen molar-refractivity contribution in [2.45, 2.75) is 38.0 Å². The Bertz CT molecular complexity index is 797. The van der Waals surface area contributed by atoms with Gasteiger partial charge in [-0.3, -0.25) is 4.79 Å². The summed E-state index contributed by atoms with van der Waals surface area (Å²) in [6, 6.07) is 11.9. The number of carbonyl (C=O) groups excluding carboxylic acids is 1. The lowest BCUT2D eigenvalue weighted by atomic mass is 9.92. The molecule has 2 aromatic rings. The number of allylic oxidation sites excluding steroid dienone is 2. The summed E-state index contributed by atoms with van der Waals surface area (Å²) in [6.07, 6.45) is 11.0. The first-order valence-electron chi connectivity index (χ1n) is 9.87. The van der Waals surface area contributed by atoms with E-state index in [4.69, 9.17) is 4.98 Å². The molecule has 140 valence electrons. The van der Waals surface area contributed by atoms with Gasteiger partial charge in [0.05, 0.1) is 0 Å². The number of piperidine rings is 1. The van der Waals surface area contributed by atoms with Gasteiger partial charge in [0.25, 0.3) is 0 Å². The van der Waals surface area contributed by atoms with E-state index >= 15 is 0 Å². The Morgan fingerprint density at radius 3 is 2.67 bits per heavy atom. The average Bonchev–Trinajstić information content (AvgIpc) is 3.22. The maximum absolute atomic E-state index is 12.5. The fourth-order valence-electron chi connectivity index (χ4n) is 3.96. The molecule has 1 amide bonds. The summed E-state index contributed by atoms with van der Waals surface area (Å²) in [5, 5.41) is 3.26. The molecule has 1 aliphatic carbocycles. The van der Waals surface area contributed by atoms with Crippen molar-refractivity contribution in [3.63, 3.8) is 0 Å². The first-order chi connectivity index (χ1) is 13.3. The summed E-state index contributed by atoms with van der Waals surface area (Å²) in [7, 11) is 0.